The maximum Gasteiger partial charge on any atom is 0.224 e. The summed E-state index contributed by atoms with van der Waals surface area (Å²) < 4.78 is 0. The molecule has 0 aromatic heterocycles. The van der Waals surface area contributed by atoms with Gasteiger partial charge in [0.1, 0.15) is 0 Å². The van der Waals surface area contributed by atoms with Crippen molar-refractivity contribution in [1.29, 1.82) is 0 Å². The monoisotopic (exact) mass is 229 g/mol. The summed E-state index contributed by atoms with van der Waals surface area (Å²) in [6.07, 6.45) is 0.480. The maximum absolute atomic E-state index is 11.5. The third-order valence-corrected chi connectivity index (χ3v) is 2.82. The molecule has 1 unspecified atom stereocenters. The van der Waals surface area contributed by atoms with E-state index >= 15 is 0 Å². The smallest absolute Gasteiger partial charge is 0.224 e. The number of carbonyl (C=O) groups is 1. The SMILES string of the molecule is NCCN(CCN)CCN1CC(N)CC1=O. The molecule has 0 spiro atoms. The first-order chi connectivity index (χ1) is 7.67. The van der Waals surface area contributed by atoms with E-state index in [1.165, 1.54) is 0 Å². The third kappa shape index (κ3) is 4.05. The normalized spacial score (nSPS) is 21.1. The van der Waals surface area contributed by atoms with Crippen molar-refractivity contribution in [3.05, 3.63) is 0 Å². The Bertz CT molecular complexity index is 217. The summed E-state index contributed by atoms with van der Waals surface area (Å²) in [4.78, 5) is 15.5. The molecule has 6 nitrogen and oxygen atoms in total. The lowest BCUT2D eigenvalue weighted by molar-refractivity contribution is -0.127. The predicted molar refractivity (Wildman–Crippen MR) is 63.7 cm³/mol. The second-order valence-electron chi connectivity index (χ2n) is 4.22. The zero-order chi connectivity index (χ0) is 12.0. The van der Waals surface area contributed by atoms with Crippen LogP contribution in [0, 0.1) is 0 Å². The summed E-state index contributed by atoms with van der Waals surface area (Å²) in [5.74, 6) is 0.160. The fourth-order valence-electron chi connectivity index (χ4n) is 1.98. The summed E-state index contributed by atoms with van der Waals surface area (Å²) in [6.45, 7) is 5.12. The highest BCUT2D eigenvalue weighted by atomic mass is 16.2. The van der Waals surface area contributed by atoms with Gasteiger partial charge in [0.2, 0.25) is 5.91 Å². The van der Waals surface area contributed by atoms with Crippen LogP contribution < -0.4 is 17.2 Å². The van der Waals surface area contributed by atoms with Gasteiger partial charge in [0, 0.05) is 58.3 Å². The van der Waals surface area contributed by atoms with Gasteiger partial charge >= 0.3 is 0 Å². The average Bonchev–Trinajstić information content (AvgIpc) is 2.54. The number of nitrogens with zero attached hydrogens (tertiary/aromatic N) is 2. The van der Waals surface area contributed by atoms with E-state index in [0.29, 0.717) is 26.1 Å². The van der Waals surface area contributed by atoms with Crippen LogP contribution in [0.5, 0.6) is 0 Å². The Kier molecular flexibility index (Phi) is 5.68. The predicted octanol–water partition coefficient (Wildman–Crippen LogP) is -2.23. The number of likely N-dealkylation sites (tertiary alicyclic amines) is 1. The lowest BCUT2D eigenvalue weighted by Crippen LogP contribution is -2.40. The van der Waals surface area contributed by atoms with Crippen molar-refractivity contribution < 1.29 is 4.79 Å². The molecule has 0 aromatic carbocycles. The van der Waals surface area contributed by atoms with Gasteiger partial charge in [0.05, 0.1) is 0 Å². The number of hydrogen-bond donors (Lipinski definition) is 3. The zero-order valence-electron chi connectivity index (χ0n) is 9.77. The molecule has 94 valence electrons. The number of rotatable bonds is 7. The minimum Gasteiger partial charge on any atom is -0.340 e. The number of carbonyl (C=O) groups excluding carboxylic acids is 1. The zero-order valence-corrected chi connectivity index (χ0v) is 9.77. The van der Waals surface area contributed by atoms with Crippen LogP contribution in [-0.4, -0.2) is 67.6 Å². The quantitative estimate of drug-likeness (QED) is 0.458. The number of nitrogens with two attached hydrogens (primary N) is 3. The summed E-state index contributed by atoms with van der Waals surface area (Å²) in [7, 11) is 0. The van der Waals surface area contributed by atoms with E-state index in [1.54, 1.807) is 0 Å². The van der Waals surface area contributed by atoms with Gasteiger partial charge in [-0.25, -0.2) is 0 Å². The largest absolute Gasteiger partial charge is 0.340 e. The summed E-state index contributed by atoms with van der Waals surface area (Å²) in [5, 5.41) is 0. The van der Waals surface area contributed by atoms with E-state index in [9.17, 15) is 4.79 Å². The summed E-state index contributed by atoms with van der Waals surface area (Å²) in [5.41, 5.74) is 16.7. The van der Waals surface area contributed by atoms with Crippen LogP contribution in [0.2, 0.25) is 0 Å². The molecule has 16 heavy (non-hydrogen) atoms. The third-order valence-electron chi connectivity index (χ3n) is 2.82. The van der Waals surface area contributed by atoms with E-state index in [1.807, 2.05) is 4.90 Å². The molecule has 0 aromatic rings. The molecule has 0 bridgehead atoms. The summed E-state index contributed by atoms with van der Waals surface area (Å²) >= 11 is 0. The van der Waals surface area contributed by atoms with Crippen LogP contribution in [0.4, 0.5) is 0 Å². The van der Waals surface area contributed by atoms with Crippen LogP contribution in [-0.2, 0) is 4.79 Å². The fourth-order valence-corrected chi connectivity index (χ4v) is 1.98. The van der Waals surface area contributed by atoms with Gasteiger partial charge in [-0.2, -0.15) is 0 Å². The van der Waals surface area contributed by atoms with E-state index in [0.717, 1.165) is 26.2 Å². The van der Waals surface area contributed by atoms with Gasteiger partial charge < -0.3 is 22.1 Å². The van der Waals surface area contributed by atoms with Crippen LogP contribution in [0.15, 0.2) is 0 Å². The van der Waals surface area contributed by atoms with E-state index in [2.05, 4.69) is 4.90 Å². The van der Waals surface area contributed by atoms with Crippen molar-refractivity contribution >= 4 is 5.91 Å². The van der Waals surface area contributed by atoms with Gasteiger partial charge in [-0.15, -0.1) is 0 Å². The molecular formula is C10H23N5O. The molecule has 1 heterocycles. The van der Waals surface area contributed by atoms with E-state index in [4.69, 9.17) is 17.2 Å². The van der Waals surface area contributed by atoms with Gasteiger partial charge in [-0.05, 0) is 0 Å². The first-order valence-electron chi connectivity index (χ1n) is 5.83. The molecule has 1 aliphatic rings. The molecule has 0 saturated carbocycles. The van der Waals surface area contributed by atoms with Crippen molar-refractivity contribution in [3.63, 3.8) is 0 Å². The lowest BCUT2D eigenvalue weighted by Gasteiger charge is -2.24. The van der Waals surface area contributed by atoms with Gasteiger partial charge in [0.15, 0.2) is 0 Å². The second-order valence-corrected chi connectivity index (χ2v) is 4.22. The molecule has 1 saturated heterocycles. The van der Waals surface area contributed by atoms with Gasteiger partial charge in [-0.3, -0.25) is 9.69 Å². The summed E-state index contributed by atoms with van der Waals surface area (Å²) in [6, 6.07) is 0.00460. The van der Waals surface area contributed by atoms with Crippen LogP contribution in [0.1, 0.15) is 6.42 Å². The Morgan fingerprint density at radius 3 is 2.31 bits per heavy atom. The molecule has 1 fully saturated rings. The topological polar surface area (TPSA) is 102 Å². The second kappa shape index (κ2) is 6.80. The highest BCUT2D eigenvalue weighted by molar-refractivity contribution is 5.79. The van der Waals surface area contributed by atoms with Crippen molar-refractivity contribution in [2.45, 2.75) is 12.5 Å². The fraction of sp³-hybridized carbons (Fsp3) is 0.900. The van der Waals surface area contributed by atoms with E-state index < -0.39 is 0 Å². The van der Waals surface area contributed by atoms with Crippen molar-refractivity contribution in [2.75, 3.05) is 45.8 Å². The molecule has 1 aliphatic heterocycles. The first-order valence-corrected chi connectivity index (χ1v) is 5.83. The van der Waals surface area contributed by atoms with E-state index in [-0.39, 0.29) is 11.9 Å². The number of hydrogen-bond acceptors (Lipinski definition) is 5. The maximum atomic E-state index is 11.5. The molecule has 0 aliphatic carbocycles. The highest BCUT2D eigenvalue weighted by Gasteiger charge is 2.26. The Labute approximate surface area is 96.7 Å². The highest BCUT2D eigenvalue weighted by Crippen LogP contribution is 2.08. The first kappa shape index (κ1) is 13.4. The van der Waals surface area contributed by atoms with Crippen LogP contribution >= 0.6 is 0 Å². The molecule has 1 amide bonds. The van der Waals surface area contributed by atoms with Crippen molar-refractivity contribution in [1.82, 2.24) is 9.80 Å². The Balaban J connectivity index is 2.28. The lowest BCUT2D eigenvalue weighted by atomic mass is 10.3. The minimum atomic E-state index is 0.00460. The minimum absolute atomic E-state index is 0.00460. The molecule has 0 radical (unpaired) electrons. The molecule has 6 heteroatoms. The number of amides is 1. The van der Waals surface area contributed by atoms with Gasteiger partial charge in [0.25, 0.3) is 0 Å². The Morgan fingerprint density at radius 1 is 1.25 bits per heavy atom. The molecule has 1 atom stereocenters. The Hall–Kier alpha value is -0.690. The van der Waals surface area contributed by atoms with Crippen molar-refractivity contribution in [2.24, 2.45) is 17.2 Å². The molecule has 1 rings (SSSR count). The van der Waals surface area contributed by atoms with Crippen molar-refractivity contribution in [3.8, 4) is 0 Å². The van der Waals surface area contributed by atoms with Crippen LogP contribution in [0.25, 0.3) is 0 Å². The molecule has 6 N–H and O–H groups in total. The van der Waals surface area contributed by atoms with Gasteiger partial charge in [-0.1, -0.05) is 0 Å². The standard InChI is InChI=1S/C10H23N5O/c11-1-3-14(4-2-12)5-6-15-8-9(13)7-10(15)16/h9H,1-8,11-13H2. The Morgan fingerprint density at radius 2 is 1.88 bits per heavy atom. The van der Waals surface area contributed by atoms with Crippen LogP contribution in [0.3, 0.4) is 0 Å². The molecular weight excluding hydrogens is 206 g/mol. The average molecular weight is 229 g/mol.